The van der Waals surface area contributed by atoms with Gasteiger partial charge in [-0.3, -0.25) is 0 Å². The number of aryl methyl sites for hydroxylation is 1. The molecule has 1 N–H and O–H groups in total. The molecule has 1 aliphatic rings. The predicted molar refractivity (Wildman–Crippen MR) is 86.1 cm³/mol. The molecule has 1 aliphatic carbocycles. The van der Waals surface area contributed by atoms with E-state index in [9.17, 15) is 0 Å². The highest BCUT2D eigenvalue weighted by Crippen LogP contribution is 2.38. The third-order valence-electron chi connectivity index (χ3n) is 4.14. The van der Waals surface area contributed by atoms with Gasteiger partial charge in [-0.1, -0.05) is 20.8 Å². The second-order valence-corrected chi connectivity index (χ2v) is 6.86. The Kier molecular flexibility index (Phi) is 5.03. The Hall–Kier alpha value is -1.09. The van der Waals surface area contributed by atoms with Crippen LogP contribution in [0, 0.1) is 24.7 Å². The fourth-order valence-corrected chi connectivity index (χ4v) is 2.72. The second kappa shape index (κ2) is 6.57. The first-order valence-electron chi connectivity index (χ1n) is 7.84. The first kappa shape index (κ1) is 15.3. The standard InChI is InChI=1S/C17H29N3/c1-12(2)8-18-9-15-6-14(4)17(19-10-15)20(5)11-16-7-13(16)3/h6,10,12-13,16,18H,7-9,11H2,1-5H3. The molecule has 1 saturated carbocycles. The molecule has 0 amide bonds. The summed E-state index contributed by atoms with van der Waals surface area (Å²) in [7, 11) is 2.16. The van der Waals surface area contributed by atoms with Gasteiger partial charge >= 0.3 is 0 Å². The average molecular weight is 275 g/mol. The Labute approximate surface area is 123 Å². The van der Waals surface area contributed by atoms with Crippen LogP contribution >= 0.6 is 0 Å². The van der Waals surface area contributed by atoms with Crippen molar-refractivity contribution in [1.29, 1.82) is 0 Å². The van der Waals surface area contributed by atoms with E-state index in [1.807, 2.05) is 6.20 Å². The molecule has 0 aromatic carbocycles. The van der Waals surface area contributed by atoms with E-state index in [-0.39, 0.29) is 0 Å². The number of rotatable bonds is 7. The highest BCUT2D eigenvalue weighted by molar-refractivity contribution is 5.46. The number of nitrogens with one attached hydrogen (secondary N) is 1. The molecule has 1 fully saturated rings. The van der Waals surface area contributed by atoms with Crippen molar-refractivity contribution in [3.05, 3.63) is 23.4 Å². The summed E-state index contributed by atoms with van der Waals surface area (Å²) in [5, 5.41) is 3.47. The minimum atomic E-state index is 0.690. The van der Waals surface area contributed by atoms with Crippen molar-refractivity contribution < 1.29 is 0 Å². The van der Waals surface area contributed by atoms with E-state index >= 15 is 0 Å². The molecule has 3 nitrogen and oxygen atoms in total. The first-order chi connectivity index (χ1) is 9.47. The quantitative estimate of drug-likeness (QED) is 0.828. The third-order valence-corrected chi connectivity index (χ3v) is 4.14. The molecule has 20 heavy (non-hydrogen) atoms. The molecule has 112 valence electrons. The van der Waals surface area contributed by atoms with Crippen LogP contribution in [-0.2, 0) is 6.54 Å². The van der Waals surface area contributed by atoms with E-state index in [1.54, 1.807) is 0 Å². The van der Waals surface area contributed by atoms with Crippen molar-refractivity contribution in [3.8, 4) is 0 Å². The van der Waals surface area contributed by atoms with Crippen molar-refractivity contribution in [3.63, 3.8) is 0 Å². The molecule has 2 rings (SSSR count). The maximum atomic E-state index is 4.67. The van der Waals surface area contributed by atoms with Gasteiger partial charge in [-0.15, -0.1) is 0 Å². The number of hydrogen-bond donors (Lipinski definition) is 1. The van der Waals surface area contributed by atoms with Gasteiger partial charge in [0, 0.05) is 26.3 Å². The molecule has 3 heteroatoms. The molecule has 0 aliphatic heterocycles. The van der Waals surface area contributed by atoms with E-state index in [1.165, 1.54) is 17.5 Å². The topological polar surface area (TPSA) is 28.2 Å². The van der Waals surface area contributed by atoms with Crippen molar-refractivity contribution in [2.75, 3.05) is 25.0 Å². The van der Waals surface area contributed by atoms with Crippen molar-refractivity contribution in [1.82, 2.24) is 10.3 Å². The van der Waals surface area contributed by atoms with Crippen LogP contribution in [0.15, 0.2) is 12.3 Å². The minimum Gasteiger partial charge on any atom is -0.359 e. The third kappa shape index (κ3) is 4.20. The highest BCUT2D eigenvalue weighted by atomic mass is 15.2. The Morgan fingerprint density at radius 3 is 2.70 bits per heavy atom. The number of nitrogens with zero attached hydrogens (tertiary/aromatic N) is 2. The summed E-state index contributed by atoms with van der Waals surface area (Å²) >= 11 is 0. The Bertz CT molecular complexity index is 442. The molecule has 1 heterocycles. The van der Waals surface area contributed by atoms with Crippen molar-refractivity contribution in [2.24, 2.45) is 17.8 Å². The molecule has 0 spiro atoms. The summed E-state index contributed by atoms with van der Waals surface area (Å²) in [4.78, 5) is 6.98. The lowest BCUT2D eigenvalue weighted by Crippen LogP contribution is -2.23. The predicted octanol–water partition coefficient (Wildman–Crippen LogP) is 3.23. The first-order valence-corrected chi connectivity index (χ1v) is 7.84. The van der Waals surface area contributed by atoms with Crippen LogP contribution in [0.3, 0.4) is 0 Å². The monoisotopic (exact) mass is 275 g/mol. The summed E-state index contributed by atoms with van der Waals surface area (Å²) in [6.07, 6.45) is 3.39. The van der Waals surface area contributed by atoms with Gasteiger partial charge in [-0.05, 0) is 54.8 Å². The van der Waals surface area contributed by atoms with E-state index < -0.39 is 0 Å². The van der Waals surface area contributed by atoms with Crippen LogP contribution < -0.4 is 10.2 Å². The van der Waals surface area contributed by atoms with Crippen LogP contribution in [-0.4, -0.2) is 25.1 Å². The van der Waals surface area contributed by atoms with Crippen molar-refractivity contribution >= 4 is 5.82 Å². The van der Waals surface area contributed by atoms with Crippen LogP contribution in [0.5, 0.6) is 0 Å². The maximum absolute atomic E-state index is 4.67. The number of anilines is 1. The maximum Gasteiger partial charge on any atom is 0.131 e. The summed E-state index contributed by atoms with van der Waals surface area (Å²) in [6.45, 7) is 12.1. The fourth-order valence-electron chi connectivity index (χ4n) is 2.72. The zero-order chi connectivity index (χ0) is 14.7. The fraction of sp³-hybridized carbons (Fsp3) is 0.706. The Morgan fingerprint density at radius 2 is 2.15 bits per heavy atom. The molecule has 1 aromatic heterocycles. The molecular formula is C17H29N3. The normalized spacial score (nSPS) is 21.3. The summed E-state index contributed by atoms with van der Waals surface area (Å²) in [6, 6.07) is 2.27. The molecule has 0 radical (unpaired) electrons. The molecule has 1 aromatic rings. The number of aromatic nitrogens is 1. The lowest BCUT2D eigenvalue weighted by atomic mass is 10.1. The molecule has 0 bridgehead atoms. The average Bonchev–Trinajstić information content (AvgIpc) is 3.04. The molecule has 2 unspecified atom stereocenters. The summed E-state index contributed by atoms with van der Waals surface area (Å²) < 4.78 is 0. The van der Waals surface area contributed by atoms with Gasteiger partial charge in [0.15, 0.2) is 0 Å². The Morgan fingerprint density at radius 1 is 1.45 bits per heavy atom. The minimum absolute atomic E-state index is 0.690. The van der Waals surface area contributed by atoms with E-state index in [0.29, 0.717) is 5.92 Å². The zero-order valence-corrected chi connectivity index (χ0v) is 13.6. The van der Waals surface area contributed by atoms with Gasteiger partial charge in [-0.25, -0.2) is 4.98 Å². The van der Waals surface area contributed by atoms with Gasteiger partial charge in [0.1, 0.15) is 5.82 Å². The van der Waals surface area contributed by atoms with Gasteiger partial charge in [0.2, 0.25) is 0 Å². The lowest BCUT2D eigenvalue weighted by molar-refractivity contribution is 0.551. The molecule has 2 atom stereocenters. The van der Waals surface area contributed by atoms with Crippen LogP contribution in [0.2, 0.25) is 0 Å². The molecular weight excluding hydrogens is 246 g/mol. The van der Waals surface area contributed by atoms with Gasteiger partial charge in [0.25, 0.3) is 0 Å². The lowest BCUT2D eigenvalue weighted by Gasteiger charge is -2.20. The largest absolute Gasteiger partial charge is 0.359 e. The Balaban J connectivity index is 1.91. The van der Waals surface area contributed by atoms with E-state index in [4.69, 9.17) is 0 Å². The number of pyridine rings is 1. The summed E-state index contributed by atoms with van der Waals surface area (Å²) in [5.41, 5.74) is 2.56. The van der Waals surface area contributed by atoms with Crippen LogP contribution in [0.1, 0.15) is 38.3 Å². The molecule has 0 saturated heterocycles. The van der Waals surface area contributed by atoms with E-state index in [2.05, 4.69) is 56.0 Å². The highest BCUT2D eigenvalue weighted by Gasteiger charge is 2.33. The second-order valence-electron chi connectivity index (χ2n) is 6.86. The van der Waals surface area contributed by atoms with Gasteiger partial charge in [0.05, 0.1) is 0 Å². The smallest absolute Gasteiger partial charge is 0.131 e. The van der Waals surface area contributed by atoms with Gasteiger partial charge in [-0.2, -0.15) is 0 Å². The zero-order valence-electron chi connectivity index (χ0n) is 13.6. The SMILES string of the molecule is Cc1cc(CNCC(C)C)cnc1N(C)CC1CC1C. The van der Waals surface area contributed by atoms with Crippen LogP contribution in [0.4, 0.5) is 5.82 Å². The summed E-state index contributed by atoms with van der Waals surface area (Å²) in [5.74, 6) is 3.59. The number of hydrogen-bond acceptors (Lipinski definition) is 3. The van der Waals surface area contributed by atoms with Crippen LogP contribution in [0.25, 0.3) is 0 Å². The van der Waals surface area contributed by atoms with Crippen molar-refractivity contribution in [2.45, 2.75) is 40.7 Å². The van der Waals surface area contributed by atoms with E-state index in [0.717, 1.165) is 37.3 Å². The van der Waals surface area contributed by atoms with Gasteiger partial charge < -0.3 is 10.2 Å².